The Morgan fingerprint density at radius 1 is 0.927 bits per heavy atom. The number of benzene rings is 3. The maximum atomic E-state index is 14.5. The van der Waals surface area contributed by atoms with Crippen LogP contribution >= 0.6 is 11.6 Å². The monoisotopic (exact) mass is 577 g/mol. The first kappa shape index (κ1) is 31.7. The molecule has 0 spiro atoms. The van der Waals surface area contributed by atoms with Gasteiger partial charge in [0, 0.05) is 12.5 Å². The lowest BCUT2D eigenvalue weighted by Crippen LogP contribution is -2.55. The quantitative estimate of drug-likeness (QED) is 0.269. The number of para-hydroxylation sites is 1. The summed E-state index contributed by atoms with van der Waals surface area (Å²) in [6.07, 6.45) is 0.0969. The van der Waals surface area contributed by atoms with Crippen LogP contribution in [0.2, 0.25) is 5.02 Å². The van der Waals surface area contributed by atoms with Crippen molar-refractivity contribution in [3.05, 3.63) is 101 Å². The van der Waals surface area contributed by atoms with E-state index in [1.54, 1.807) is 31.7 Å². The van der Waals surface area contributed by atoms with Crippen molar-refractivity contribution in [3.8, 4) is 0 Å². The molecule has 41 heavy (non-hydrogen) atoms. The van der Waals surface area contributed by atoms with Gasteiger partial charge in [-0.3, -0.25) is 9.59 Å². The summed E-state index contributed by atoms with van der Waals surface area (Å²) in [7, 11) is 0. The van der Waals surface area contributed by atoms with E-state index in [1.165, 1.54) is 0 Å². The van der Waals surface area contributed by atoms with E-state index < -0.39 is 35.6 Å². The van der Waals surface area contributed by atoms with Crippen LogP contribution in [0, 0.1) is 6.92 Å². The predicted molar refractivity (Wildman–Crippen MR) is 164 cm³/mol. The Morgan fingerprint density at radius 2 is 1.54 bits per heavy atom. The van der Waals surface area contributed by atoms with Crippen molar-refractivity contribution in [1.82, 2.24) is 10.2 Å². The van der Waals surface area contributed by atoms with Gasteiger partial charge in [-0.05, 0) is 63.8 Å². The third kappa shape index (κ3) is 8.82. The number of carbonyl (C=O) groups is 3. The van der Waals surface area contributed by atoms with Crippen LogP contribution in [0.5, 0.6) is 0 Å². The van der Waals surface area contributed by atoms with Crippen LogP contribution in [-0.2, 0) is 20.7 Å². The van der Waals surface area contributed by atoms with Crippen molar-refractivity contribution in [2.45, 2.75) is 78.1 Å². The molecule has 0 aromatic heterocycles. The van der Waals surface area contributed by atoms with Gasteiger partial charge in [-0.15, -0.1) is 0 Å². The van der Waals surface area contributed by atoms with Gasteiger partial charge in [-0.1, -0.05) is 91.3 Å². The molecule has 3 amide bonds. The molecule has 0 radical (unpaired) electrons. The van der Waals surface area contributed by atoms with E-state index in [2.05, 4.69) is 10.6 Å². The first-order chi connectivity index (χ1) is 19.4. The molecule has 0 heterocycles. The molecule has 218 valence electrons. The van der Waals surface area contributed by atoms with Crippen molar-refractivity contribution in [2.75, 3.05) is 5.32 Å². The smallest absolute Gasteiger partial charge is 0.408 e. The average molecular weight is 578 g/mol. The molecule has 3 aromatic carbocycles. The highest BCUT2D eigenvalue weighted by atomic mass is 35.5. The molecule has 3 unspecified atom stereocenters. The minimum absolute atomic E-state index is 0.221. The number of halogens is 1. The maximum absolute atomic E-state index is 14.5. The van der Waals surface area contributed by atoms with E-state index in [4.69, 9.17) is 16.3 Å². The first-order valence-electron chi connectivity index (χ1n) is 13.9. The Hall–Kier alpha value is -3.84. The Morgan fingerprint density at radius 3 is 2.10 bits per heavy atom. The van der Waals surface area contributed by atoms with Crippen LogP contribution in [0.1, 0.15) is 63.8 Å². The van der Waals surface area contributed by atoms with Crippen molar-refractivity contribution in [1.29, 1.82) is 0 Å². The van der Waals surface area contributed by atoms with E-state index in [0.29, 0.717) is 22.7 Å². The number of alkyl carbamates (subject to hydrolysis) is 1. The normalized spacial score (nSPS) is 13.4. The van der Waals surface area contributed by atoms with Crippen LogP contribution in [0.25, 0.3) is 0 Å². The SMILES string of the molecule is CCC(C)N(C(=O)C(Cc1ccccc1)NC(=O)OC(C)(C)C)C(C(=O)Nc1c(C)cccc1Cl)c1ccccc1. The number of hydrogen-bond donors (Lipinski definition) is 2. The van der Waals surface area contributed by atoms with Crippen LogP contribution in [0.15, 0.2) is 78.9 Å². The van der Waals surface area contributed by atoms with Crippen LogP contribution < -0.4 is 10.6 Å². The van der Waals surface area contributed by atoms with Crippen LogP contribution in [-0.4, -0.2) is 40.5 Å². The Bertz CT molecular complexity index is 1310. The van der Waals surface area contributed by atoms with Gasteiger partial charge in [0.25, 0.3) is 5.91 Å². The standard InChI is InChI=1S/C33H40ClN3O4/c1-7-23(3)37(31(39)27(21-24-16-10-8-11-17-24)35-32(40)41-33(4,5)6)29(25-18-12-9-13-19-25)30(38)36-28-22(2)15-14-20-26(28)34/h8-20,23,27,29H,7,21H2,1-6H3,(H,35,40)(H,36,38). The van der Waals surface area contributed by atoms with Crippen molar-refractivity contribution >= 4 is 35.2 Å². The molecule has 0 saturated heterocycles. The predicted octanol–water partition coefficient (Wildman–Crippen LogP) is 7.09. The third-order valence-corrected chi connectivity index (χ3v) is 7.02. The van der Waals surface area contributed by atoms with E-state index in [0.717, 1.165) is 11.1 Å². The Labute approximate surface area is 248 Å². The lowest BCUT2D eigenvalue weighted by molar-refractivity contribution is -0.143. The molecule has 0 aliphatic carbocycles. The second-order valence-electron chi connectivity index (χ2n) is 11.1. The average Bonchev–Trinajstić information content (AvgIpc) is 2.92. The fraction of sp³-hybridized carbons (Fsp3) is 0.364. The van der Waals surface area contributed by atoms with Gasteiger partial charge in [0.05, 0.1) is 10.7 Å². The molecular formula is C33H40ClN3O4. The van der Waals surface area contributed by atoms with Gasteiger partial charge in [0.2, 0.25) is 5.91 Å². The molecule has 0 aliphatic heterocycles. The molecule has 3 atom stereocenters. The van der Waals surface area contributed by atoms with E-state index in [9.17, 15) is 14.4 Å². The third-order valence-electron chi connectivity index (χ3n) is 6.70. The van der Waals surface area contributed by atoms with Gasteiger partial charge >= 0.3 is 6.09 Å². The highest BCUT2D eigenvalue weighted by Gasteiger charge is 2.38. The van der Waals surface area contributed by atoms with Crippen LogP contribution in [0.3, 0.4) is 0 Å². The minimum Gasteiger partial charge on any atom is -0.444 e. The lowest BCUT2D eigenvalue weighted by atomic mass is 9.98. The fourth-order valence-corrected chi connectivity index (χ4v) is 4.80. The van der Waals surface area contributed by atoms with Gasteiger partial charge in [0.1, 0.15) is 17.7 Å². The molecule has 2 N–H and O–H groups in total. The molecule has 8 heteroatoms. The summed E-state index contributed by atoms with van der Waals surface area (Å²) in [5, 5.41) is 6.17. The summed E-state index contributed by atoms with van der Waals surface area (Å²) < 4.78 is 5.51. The summed E-state index contributed by atoms with van der Waals surface area (Å²) in [6.45, 7) is 11.0. The zero-order valence-electron chi connectivity index (χ0n) is 24.6. The number of carbonyl (C=O) groups excluding carboxylic acids is 3. The zero-order valence-corrected chi connectivity index (χ0v) is 25.4. The van der Waals surface area contributed by atoms with Gasteiger partial charge < -0.3 is 20.3 Å². The number of aryl methyl sites for hydroxylation is 1. The summed E-state index contributed by atoms with van der Waals surface area (Å²) in [6, 6.07) is 21.6. The van der Waals surface area contributed by atoms with E-state index >= 15 is 0 Å². The number of amides is 3. The highest BCUT2D eigenvalue weighted by Crippen LogP contribution is 2.31. The lowest BCUT2D eigenvalue weighted by Gasteiger charge is -2.38. The summed E-state index contributed by atoms with van der Waals surface area (Å²) in [4.78, 5) is 43.1. The van der Waals surface area contributed by atoms with Crippen LogP contribution in [0.4, 0.5) is 10.5 Å². The largest absolute Gasteiger partial charge is 0.444 e. The van der Waals surface area contributed by atoms with E-state index in [-0.39, 0.29) is 12.5 Å². The molecule has 0 bridgehead atoms. The van der Waals surface area contributed by atoms with Gasteiger partial charge in [0.15, 0.2) is 0 Å². The number of rotatable bonds is 10. The van der Waals surface area contributed by atoms with Gasteiger partial charge in [-0.2, -0.15) is 0 Å². The maximum Gasteiger partial charge on any atom is 0.408 e. The van der Waals surface area contributed by atoms with Crippen molar-refractivity contribution < 1.29 is 19.1 Å². The first-order valence-corrected chi connectivity index (χ1v) is 14.3. The van der Waals surface area contributed by atoms with E-state index in [1.807, 2.05) is 93.6 Å². The molecule has 0 fully saturated rings. The molecule has 3 rings (SSSR count). The number of anilines is 1. The molecule has 7 nitrogen and oxygen atoms in total. The molecule has 3 aromatic rings. The molecular weight excluding hydrogens is 538 g/mol. The minimum atomic E-state index is -0.993. The Kier molecular flexibility index (Phi) is 11.0. The Balaban J connectivity index is 2.08. The van der Waals surface area contributed by atoms with Crippen molar-refractivity contribution in [2.24, 2.45) is 0 Å². The summed E-state index contributed by atoms with van der Waals surface area (Å²) in [5.41, 5.74) is 2.04. The number of nitrogens with zero attached hydrogens (tertiary/aromatic N) is 1. The summed E-state index contributed by atoms with van der Waals surface area (Å²) >= 11 is 6.45. The second-order valence-corrected chi connectivity index (χ2v) is 11.5. The second kappa shape index (κ2) is 14.2. The topological polar surface area (TPSA) is 87.7 Å². The molecule has 0 aliphatic rings. The number of nitrogens with one attached hydrogen (secondary N) is 2. The fourth-order valence-electron chi connectivity index (χ4n) is 4.53. The van der Waals surface area contributed by atoms with Gasteiger partial charge in [-0.25, -0.2) is 4.79 Å². The molecule has 0 saturated carbocycles. The highest BCUT2D eigenvalue weighted by molar-refractivity contribution is 6.34. The van der Waals surface area contributed by atoms with Crippen molar-refractivity contribution in [3.63, 3.8) is 0 Å². The summed E-state index contributed by atoms with van der Waals surface area (Å²) in [5.74, 6) is -0.800. The zero-order chi connectivity index (χ0) is 30.2. The number of hydrogen-bond acceptors (Lipinski definition) is 4. The number of ether oxygens (including phenoxy) is 1.